The molecule has 68 valence electrons. The van der Waals surface area contributed by atoms with Crippen molar-refractivity contribution in [3.05, 3.63) is 33.7 Å². The van der Waals surface area contributed by atoms with E-state index in [0.29, 0.717) is 6.42 Å². The van der Waals surface area contributed by atoms with Crippen molar-refractivity contribution in [2.75, 3.05) is 6.61 Å². The zero-order valence-corrected chi connectivity index (χ0v) is 7.42. The molecular weight excluding hydrogens is 166 g/mol. The van der Waals surface area contributed by atoms with Crippen LogP contribution in [0.3, 0.4) is 0 Å². The zero-order valence-electron chi connectivity index (χ0n) is 7.42. The number of rotatable bonds is 1. The van der Waals surface area contributed by atoms with Gasteiger partial charge in [0.25, 0.3) is 0 Å². The number of hydrogen-bond donors (Lipinski definition) is 2. The quantitative estimate of drug-likeness (QED) is 0.611. The van der Waals surface area contributed by atoms with Gasteiger partial charge in [0.1, 0.15) is 0 Å². The highest BCUT2D eigenvalue weighted by atomic mass is 16.2. The number of nitrogens with one attached hydrogen (secondary N) is 1. The Labute approximate surface area is 76.4 Å². The third-order valence-corrected chi connectivity index (χ3v) is 1.58. The van der Waals surface area contributed by atoms with Gasteiger partial charge in [0.15, 0.2) is 0 Å². The minimum atomic E-state index is -0.120. The number of hydrogen-bond acceptors (Lipinski definition) is 2. The molecule has 1 heterocycles. The highest BCUT2D eigenvalue weighted by Gasteiger charge is 1.93. The zero-order chi connectivity index (χ0) is 9.68. The number of pyridine rings is 1. The van der Waals surface area contributed by atoms with Crippen LogP contribution in [0, 0.1) is 18.8 Å². The summed E-state index contributed by atoms with van der Waals surface area (Å²) in [7, 11) is 0. The van der Waals surface area contributed by atoms with Gasteiger partial charge in [-0.05, 0) is 13.0 Å². The van der Waals surface area contributed by atoms with E-state index in [1.807, 2.05) is 0 Å². The normalized spacial score (nSPS) is 9.08. The highest BCUT2D eigenvalue weighted by molar-refractivity contribution is 5.36. The lowest BCUT2D eigenvalue weighted by Crippen LogP contribution is -2.05. The van der Waals surface area contributed by atoms with Gasteiger partial charge in [-0.2, -0.15) is 0 Å². The van der Waals surface area contributed by atoms with Crippen molar-refractivity contribution in [2.45, 2.75) is 13.3 Å². The molecule has 0 unspecified atom stereocenters. The van der Waals surface area contributed by atoms with Gasteiger partial charge < -0.3 is 10.1 Å². The Kier molecular flexibility index (Phi) is 3.30. The van der Waals surface area contributed by atoms with E-state index in [1.165, 1.54) is 6.07 Å². The third kappa shape index (κ3) is 2.77. The maximum absolute atomic E-state index is 10.8. The predicted octanol–water partition coefficient (Wildman–Crippen LogP) is 0.417. The summed E-state index contributed by atoms with van der Waals surface area (Å²) in [6.07, 6.45) is 0.457. The number of aliphatic hydroxyl groups excluding tert-OH is 1. The van der Waals surface area contributed by atoms with Crippen LogP contribution >= 0.6 is 0 Å². The Bertz CT molecular complexity index is 395. The van der Waals surface area contributed by atoms with E-state index >= 15 is 0 Å². The Morgan fingerprint density at radius 3 is 2.92 bits per heavy atom. The third-order valence-electron chi connectivity index (χ3n) is 1.58. The lowest BCUT2D eigenvalue weighted by molar-refractivity contribution is 0.305. The molecule has 0 bridgehead atoms. The summed E-state index contributed by atoms with van der Waals surface area (Å²) in [5.41, 5.74) is 1.44. The summed E-state index contributed by atoms with van der Waals surface area (Å²) in [5.74, 6) is 5.65. The molecule has 13 heavy (non-hydrogen) atoms. The van der Waals surface area contributed by atoms with Crippen molar-refractivity contribution in [1.29, 1.82) is 0 Å². The van der Waals surface area contributed by atoms with Gasteiger partial charge in [-0.25, -0.2) is 0 Å². The summed E-state index contributed by atoms with van der Waals surface area (Å²) >= 11 is 0. The van der Waals surface area contributed by atoms with Crippen LogP contribution in [-0.4, -0.2) is 16.7 Å². The van der Waals surface area contributed by atoms with Crippen LogP contribution in [-0.2, 0) is 0 Å². The monoisotopic (exact) mass is 177 g/mol. The van der Waals surface area contributed by atoms with Gasteiger partial charge in [-0.1, -0.05) is 11.8 Å². The van der Waals surface area contributed by atoms with Crippen molar-refractivity contribution in [3.63, 3.8) is 0 Å². The van der Waals surface area contributed by atoms with E-state index in [2.05, 4.69) is 16.8 Å². The van der Waals surface area contributed by atoms with Crippen molar-refractivity contribution in [1.82, 2.24) is 4.98 Å². The number of aromatic nitrogens is 1. The second kappa shape index (κ2) is 4.48. The Balaban J connectivity index is 2.92. The average molecular weight is 177 g/mol. The molecule has 0 saturated heterocycles. The van der Waals surface area contributed by atoms with E-state index in [4.69, 9.17) is 5.11 Å². The molecule has 2 N–H and O–H groups in total. The summed E-state index contributed by atoms with van der Waals surface area (Å²) in [6.45, 7) is 1.86. The molecule has 0 aliphatic heterocycles. The molecule has 0 saturated carbocycles. The molecular formula is C10H11NO2. The summed E-state index contributed by atoms with van der Waals surface area (Å²) in [5, 5.41) is 8.50. The molecule has 0 aliphatic rings. The standard InChI is InChI=1S/C10H11NO2/c1-8-9(4-2-3-7-12)5-6-10(13)11-8/h5-6,12H,3,7H2,1H3,(H,11,13). The highest BCUT2D eigenvalue weighted by Crippen LogP contribution is 1.97. The fraction of sp³-hybridized carbons (Fsp3) is 0.300. The van der Waals surface area contributed by atoms with E-state index < -0.39 is 0 Å². The molecule has 1 aromatic heterocycles. The number of aliphatic hydroxyl groups is 1. The van der Waals surface area contributed by atoms with Gasteiger partial charge >= 0.3 is 0 Å². The lowest BCUT2D eigenvalue weighted by Gasteiger charge is -1.94. The first-order valence-electron chi connectivity index (χ1n) is 4.03. The van der Waals surface area contributed by atoms with Crippen LogP contribution in [0.1, 0.15) is 17.7 Å². The van der Waals surface area contributed by atoms with Gasteiger partial charge in [0.05, 0.1) is 6.61 Å². The van der Waals surface area contributed by atoms with Gasteiger partial charge in [0, 0.05) is 23.7 Å². The van der Waals surface area contributed by atoms with Crippen molar-refractivity contribution in [2.24, 2.45) is 0 Å². The van der Waals surface area contributed by atoms with Crippen LogP contribution in [0.2, 0.25) is 0 Å². The summed E-state index contributed by atoms with van der Waals surface area (Å²) < 4.78 is 0. The van der Waals surface area contributed by atoms with E-state index in [9.17, 15) is 4.79 Å². The first kappa shape index (κ1) is 9.56. The molecule has 1 rings (SSSR count). The molecule has 0 aromatic carbocycles. The smallest absolute Gasteiger partial charge is 0.248 e. The van der Waals surface area contributed by atoms with Crippen LogP contribution < -0.4 is 5.56 Å². The number of H-pyrrole nitrogens is 1. The van der Waals surface area contributed by atoms with Gasteiger partial charge in [0.2, 0.25) is 5.56 Å². The summed E-state index contributed by atoms with van der Waals surface area (Å²) in [6, 6.07) is 3.12. The molecule has 0 amide bonds. The number of aromatic amines is 1. The van der Waals surface area contributed by atoms with Crippen LogP contribution in [0.15, 0.2) is 16.9 Å². The van der Waals surface area contributed by atoms with Crippen LogP contribution in [0.5, 0.6) is 0 Å². The van der Waals surface area contributed by atoms with E-state index in [0.717, 1.165) is 11.3 Å². The average Bonchev–Trinajstić information content (AvgIpc) is 2.09. The topological polar surface area (TPSA) is 53.1 Å². The van der Waals surface area contributed by atoms with Crippen molar-refractivity contribution < 1.29 is 5.11 Å². The Morgan fingerprint density at radius 1 is 1.54 bits per heavy atom. The molecule has 0 aliphatic carbocycles. The number of aryl methyl sites for hydroxylation is 1. The minimum absolute atomic E-state index is 0.0649. The fourth-order valence-electron chi connectivity index (χ4n) is 0.927. The summed E-state index contributed by atoms with van der Waals surface area (Å²) in [4.78, 5) is 13.5. The molecule has 3 nitrogen and oxygen atoms in total. The van der Waals surface area contributed by atoms with Crippen molar-refractivity contribution in [3.8, 4) is 11.8 Å². The maximum Gasteiger partial charge on any atom is 0.248 e. The van der Waals surface area contributed by atoms with Crippen LogP contribution in [0.4, 0.5) is 0 Å². The first-order chi connectivity index (χ1) is 6.24. The van der Waals surface area contributed by atoms with Crippen molar-refractivity contribution >= 4 is 0 Å². The van der Waals surface area contributed by atoms with Gasteiger partial charge in [-0.15, -0.1) is 0 Å². The predicted molar refractivity (Wildman–Crippen MR) is 50.4 cm³/mol. The fourth-order valence-corrected chi connectivity index (χ4v) is 0.927. The van der Waals surface area contributed by atoms with Gasteiger partial charge in [-0.3, -0.25) is 4.79 Å². The second-order valence-electron chi connectivity index (χ2n) is 2.64. The van der Waals surface area contributed by atoms with E-state index in [1.54, 1.807) is 13.0 Å². The Hall–Kier alpha value is -1.53. The molecule has 1 aromatic rings. The molecule has 0 spiro atoms. The molecule has 0 atom stereocenters. The maximum atomic E-state index is 10.8. The molecule has 3 heteroatoms. The largest absolute Gasteiger partial charge is 0.395 e. The van der Waals surface area contributed by atoms with Crippen LogP contribution in [0.25, 0.3) is 0 Å². The Morgan fingerprint density at radius 2 is 2.31 bits per heavy atom. The van der Waals surface area contributed by atoms with E-state index in [-0.39, 0.29) is 12.2 Å². The minimum Gasteiger partial charge on any atom is -0.395 e. The second-order valence-corrected chi connectivity index (χ2v) is 2.64. The first-order valence-corrected chi connectivity index (χ1v) is 4.03. The SMILES string of the molecule is Cc1[nH]c(=O)ccc1C#CCCO. The molecule has 0 fully saturated rings. The lowest BCUT2D eigenvalue weighted by atomic mass is 10.2. The molecule has 0 radical (unpaired) electrons.